The van der Waals surface area contributed by atoms with Crippen molar-refractivity contribution in [1.82, 2.24) is 10.0 Å². The van der Waals surface area contributed by atoms with Crippen molar-refractivity contribution >= 4 is 27.5 Å². The van der Waals surface area contributed by atoms with Crippen molar-refractivity contribution in [3.63, 3.8) is 0 Å². The van der Waals surface area contributed by atoms with E-state index in [4.69, 9.17) is 16.3 Å². The Morgan fingerprint density at radius 1 is 1.04 bits per heavy atom. The molecule has 6 nitrogen and oxygen atoms in total. The molecule has 140 valence electrons. The summed E-state index contributed by atoms with van der Waals surface area (Å²) in [5.74, 6) is -0.254. The zero-order valence-electron chi connectivity index (χ0n) is 14.4. The molecule has 2 aromatic rings. The minimum absolute atomic E-state index is 0.103. The summed E-state index contributed by atoms with van der Waals surface area (Å²) in [6, 6.07) is 13.2. The molecule has 2 rings (SSSR count). The van der Waals surface area contributed by atoms with Crippen LogP contribution in [0.4, 0.5) is 0 Å². The van der Waals surface area contributed by atoms with Gasteiger partial charge in [0.15, 0.2) is 0 Å². The Bertz CT molecular complexity index is 821. The van der Waals surface area contributed by atoms with Crippen LogP contribution in [0.15, 0.2) is 53.4 Å². The number of nitrogens with one attached hydrogen (secondary N) is 2. The average molecular weight is 397 g/mol. The maximum Gasteiger partial charge on any atom is 0.251 e. The van der Waals surface area contributed by atoms with Gasteiger partial charge in [-0.3, -0.25) is 4.79 Å². The first kappa shape index (κ1) is 20.4. The van der Waals surface area contributed by atoms with Crippen LogP contribution in [0.2, 0.25) is 5.02 Å². The van der Waals surface area contributed by atoms with Gasteiger partial charge in [-0.1, -0.05) is 23.7 Å². The molecule has 0 heterocycles. The van der Waals surface area contributed by atoms with Crippen LogP contribution in [0, 0.1) is 0 Å². The second-order valence-electron chi connectivity index (χ2n) is 5.55. The fraction of sp³-hybridized carbons (Fsp3) is 0.278. The first-order valence-electron chi connectivity index (χ1n) is 8.04. The molecule has 2 aromatic carbocycles. The second kappa shape index (κ2) is 9.68. The van der Waals surface area contributed by atoms with Crippen LogP contribution in [-0.4, -0.2) is 41.1 Å². The molecule has 0 fully saturated rings. The highest BCUT2D eigenvalue weighted by atomic mass is 35.5. The lowest BCUT2D eigenvalue weighted by molar-refractivity contribution is 0.0954. The molecule has 8 heteroatoms. The predicted molar refractivity (Wildman–Crippen MR) is 101 cm³/mol. The topological polar surface area (TPSA) is 84.5 Å². The van der Waals surface area contributed by atoms with Gasteiger partial charge in [-0.25, -0.2) is 13.1 Å². The first-order valence-corrected chi connectivity index (χ1v) is 9.90. The van der Waals surface area contributed by atoms with Gasteiger partial charge < -0.3 is 10.1 Å². The Kier molecular flexibility index (Phi) is 7.59. The Morgan fingerprint density at radius 3 is 2.31 bits per heavy atom. The summed E-state index contributed by atoms with van der Waals surface area (Å²) in [5, 5.41) is 3.48. The Labute approximate surface area is 158 Å². The smallest absolute Gasteiger partial charge is 0.251 e. The maximum absolute atomic E-state index is 12.1. The van der Waals surface area contributed by atoms with E-state index in [2.05, 4.69) is 10.0 Å². The zero-order chi connectivity index (χ0) is 19.0. The van der Waals surface area contributed by atoms with Crippen molar-refractivity contribution in [2.75, 3.05) is 26.8 Å². The van der Waals surface area contributed by atoms with E-state index in [1.165, 1.54) is 31.4 Å². The zero-order valence-corrected chi connectivity index (χ0v) is 15.9. The molecule has 0 spiro atoms. The third-order valence-electron chi connectivity index (χ3n) is 3.64. The first-order chi connectivity index (χ1) is 12.4. The molecule has 0 aliphatic carbocycles. The Balaban J connectivity index is 1.88. The predicted octanol–water partition coefficient (Wildman–Crippen LogP) is 2.24. The highest BCUT2D eigenvalue weighted by molar-refractivity contribution is 7.89. The summed E-state index contributed by atoms with van der Waals surface area (Å²) >= 11 is 5.83. The lowest BCUT2D eigenvalue weighted by atomic mass is 10.1. The normalized spacial score (nSPS) is 11.3. The van der Waals surface area contributed by atoms with Gasteiger partial charge in [0.05, 0.1) is 11.5 Å². The molecule has 0 saturated heterocycles. The van der Waals surface area contributed by atoms with Crippen LogP contribution in [0.1, 0.15) is 15.9 Å². The van der Waals surface area contributed by atoms with Gasteiger partial charge >= 0.3 is 0 Å². The SMILES string of the molecule is COCCNS(=O)(=O)c1ccc(C(=O)NCCc2ccc(Cl)cc2)cc1. The minimum Gasteiger partial charge on any atom is -0.383 e. The molecule has 0 radical (unpaired) electrons. The molecule has 1 amide bonds. The minimum atomic E-state index is -3.60. The lowest BCUT2D eigenvalue weighted by Crippen LogP contribution is -2.28. The van der Waals surface area contributed by atoms with Crippen molar-refractivity contribution in [1.29, 1.82) is 0 Å². The van der Waals surface area contributed by atoms with Crippen LogP contribution in [0.3, 0.4) is 0 Å². The molecule has 0 aliphatic heterocycles. The van der Waals surface area contributed by atoms with Crippen LogP contribution < -0.4 is 10.0 Å². The Morgan fingerprint density at radius 2 is 1.69 bits per heavy atom. The number of hydrogen-bond acceptors (Lipinski definition) is 4. The largest absolute Gasteiger partial charge is 0.383 e. The molecule has 0 aliphatic rings. The summed E-state index contributed by atoms with van der Waals surface area (Å²) in [5.41, 5.74) is 1.47. The molecule has 0 bridgehead atoms. The van der Waals surface area contributed by atoms with E-state index in [0.717, 1.165) is 5.56 Å². The van der Waals surface area contributed by atoms with Crippen LogP contribution in [0.25, 0.3) is 0 Å². The van der Waals surface area contributed by atoms with Crippen LogP contribution in [0.5, 0.6) is 0 Å². The van der Waals surface area contributed by atoms with Gasteiger partial charge in [0.25, 0.3) is 5.91 Å². The molecular formula is C18H21ClN2O4S. The summed E-state index contributed by atoms with van der Waals surface area (Å²) in [7, 11) is -2.11. The van der Waals surface area contributed by atoms with Gasteiger partial charge in [-0.2, -0.15) is 0 Å². The van der Waals surface area contributed by atoms with E-state index in [0.29, 0.717) is 23.6 Å². The lowest BCUT2D eigenvalue weighted by Gasteiger charge is -2.08. The molecular weight excluding hydrogens is 376 g/mol. The maximum atomic E-state index is 12.1. The van der Waals surface area contributed by atoms with Gasteiger partial charge in [0.1, 0.15) is 0 Å². The highest BCUT2D eigenvalue weighted by Crippen LogP contribution is 2.11. The monoisotopic (exact) mass is 396 g/mol. The standard InChI is InChI=1S/C18H21ClN2O4S/c1-25-13-12-21-26(23,24)17-8-4-15(5-9-17)18(22)20-11-10-14-2-6-16(19)7-3-14/h2-9,21H,10-13H2,1H3,(H,20,22). The summed E-state index contributed by atoms with van der Waals surface area (Å²) in [4.78, 5) is 12.3. The molecule has 0 saturated carbocycles. The number of carbonyl (C=O) groups is 1. The second-order valence-corrected chi connectivity index (χ2v) is 7.75. The van der Waals surface area contributed by atoms with E-state index >= 15 is 0 Å². The van der Waals surface area contributed by atoms with E-state index in [1.807, 2.05) is 12.1 Å². The molecule has 0 atom stereocenters. The van der Waals surface area contributed by atoms with Crippen molar-refractivity contribution in [3.05, 3.63) is 64.7 Å². The Hall–Kier alpha value is -1.93. The van der Waals surface area contributed by atoms with Crippen molar-refractivity contribution in [2.45, 2.75) is 11.3 Å². The van der Waals surface area contributed by atoms with Crippen molar-refractivity contribution in [2.24, 2.45) is 0 Å². The molecule has 0 unspecified atom stereocenters. The average Bonchev–Trinajstić information content (AvgIpc) is 2.63. The van der Waals surface area contributed by atoms with Crippen LogP contribution >= 0.6 is 11.6 Å². The number of benzene rings is 2. The van der Waals surface area contributed by atoms with Crippen LogP contribution in [-0.2, 0) is 21.2 Å². The number of hydrogen-bond donors (Lipinski definition) is 2. The number of amides is 1. The number of halogens is 1. The number of methoxy groups -OCH3 is 1. The van der Waals surface area contributed by atoms with E-state index in [9.17, 15) is 13.2 Å². The molecule has 0 aromatic heterocycles. The third kappa shape index (κ3) is 6.10. The summed E-state index contributed by atoms with van der Waals surface area (Å²) < 4.78 is 31.4. The number of rotatable bonds is 9. The highest BCUT2D eigenvalue weighted by Gasteiger charge is 2.14. The third-order valence-corrected chi connectivity index (χ3v) is 5.37. The van der Waals surface area contributed by atoms with Gasteiger partial charge in [0, 0.05) is 30.8 Å². The summed E-state index contributed by atoms with van der Waals surface area (Å²) in [6.45, 7) is 0.943. The van der Waals surface area contributed by atoms with Gasteiger partial charge in [-0.05, 0) is 48.4 Å². The van der Waals surface area contributed by atoms with Gasteiger partial charge in [-0.15, -0.1) is 0 Å². The molecule has 26 heavy (non-hydrogen) atoms. The van der Waals surface area contributed by atoms with Gasteiger partial charge in [0.2, 0.25) is 10.0 Å². The number of carbonyl (C=O) groups excluding carboxylic acids is 1. The van der Waals surface area contributed by atoms with E-state index < -0.39 is 10.0 Å². The number of ether oxygens (including phenoxy) is 1. The van der Waals surface area contributed by atoms with E-state index in [1.54, 1.807) is 12.1 Å². The fourth-order valence-corrected chi connectivity index (χ4v) is 3.36. The fourth-order valence-electron chi connectivity index (χ4n) is 2.22. The van der Waals surface area contributed by atoms with Crippen molar-refractivity contribution in [3.8, 4) is 0 Å². The summed E-state index contributed by atoms with van der Waals surface area (Å²) in [6.07, 6.45) is 0.679. The van der Waals surface area contributed by atoms with Crippen molar-refractivity contribution < 1.29 is 17.9 Å². The quantitative estimate of drug-likeness (QED) is 0.636. The molecule has 2 N–H and O–H groups in total. The van der Waals surface area contributed by atoms with E-state index in [-0.39, 0.29) is 24.0 Å². The number of sulfonamides is 1.